The number of ether oxygens (including phenoxy) is 1. The number of nitrogen functional groups attached to an aromatic ring is 2. The molecule has 1 heterocycles. The van der Waals surface area contributed by atoms with Crippen molar-refractivity contribution in [2.75, 3.05) is 18.1 Å². The summed E-state index contributed by atoms with van der Waals surface area (Å²) in [7, 11) is 0. The van der Waals surface area contributed by atoms with E-state index in [1.165, 1.54) is 11.1 Å². The molecular weight excluding hydrogens is 298 g/mol. The summed E-state index contributed by atoms with van der Waals surface area (Å²) in [6.07, 6.45) is 2.54. The van der Waals surface area contributed by atoms with Gasteiger partial charge >= 0.3 is 0 Å². The minimum Gasteiger partial charge on any atom is -0.396 e. The molecule has 124 valence electrons. The Morgan fingerprint density at radius 1 is 1.04 bits per heavy atom. The maximum atomic E-state index is 6.07. The Labute approximate surface area is 142 Å². The molecule has 0 amide bonds. The number of aromatic nitrogens is 1. The fourth-order valence-electron chi connectivity index (χ4n) is 2.82. The molecule has 0 saturated carbocycles. The van der Waals surface area contributed by atoms with Crippen molar-refractivity contribution in [3.63, 3.8) is 0 Å². The fourth-order valence-corrected chi connectivity index (χ4v) is 2.82. The van der Waals surface area contributed by atoms with Gasteiger partial charge in [0.15, 0.2) is 0 Å². The predicted molar refractivity (Wildman–Crippen MR) is 99.5 cm³/mol. The van der Waals surface area contributed by atoms with Crippen LogP contribution in [-0.2, 0) is 17.8 Å². The molecule has 4 heteroatoms. The number of hydrogen-bond acceptors (Lipinski definition) is 4. The number of fused-ring (bicyclic) bond motifs is 1. The van der Waals surface area contributed by atoms with Crippen LogP contribution in [0.1, 0.15) is 18.1 Å². The third-order valence-electron chi connectivity index (χ3n) is 4.10. The van der Waals surface area contributed by atoms with Crippen LogP contribution < -0.4 is 11.5 Å². The topological polar surface area (TPSA) is 74.2 Å². The summed E-state index contributed by atoms with van der Waals surface area (Å²) in [6.45, 7) is 3.56. The summed E-state index contributed by atoms with van der Waals surface area (Å²) in [5.74, 6) is 0.418. The average Bonchev–Trinajstić information content (AvgIpc) is 2.59. The lowest BCUT2D eigenvalue weighted by Gasteiger charge is -2.13. The molecule has 1 atom stereocenters. The lowest BCUT2D eigenvalue weighted by Crippen LogP contribution is -2.09. The Balaban J connectivity index is 1.61. The van der Waals surface area contributed by atoms with E-state index in [1.54, 1.807) is 6.20 Å². The Bertz CT molecular complexity index is 818. The van der Waals surface area contributed by atoms with Crippen molar-refractivity contribution in [1.82, 2.24) is 4.98 Å². The Hall–Kier alpha value is -2.59. The lowest BCUT2D eigenvalue weighted by molar-refractivity contribution is 0.0922. The third kappa shape index (κ3) is 3.84. The molecule has 0 aliphatic carbocycles. The molecule has 0 aliphatic heterocycles. The van der Waals surface area contributed by atoms with Gasteiger partial charge in [0.2, 0.25) is 0 Å². The van der Waals surface area contributed by atoms with Gasteiger partial charge in [-0.1, -0.05) is 43.3 Å². The summed E-state index contributed by atoms with van der Waals surface area (Å²) in [5, 5.41) is 0.921. The van der Waals surface area contributed by atoms with E-state index in [9.17, 15) is 0 Å². The first-order valence-corrected chi connectivity index (χ1v) is 8.17. The van der Waals surface area contributed by atoms with E-state index >= 15 is 0 Å². The second kappa shape index (κ2) is 7.32. The normalized spacial score (nSPS) is 12.4. The molecular formula is C20H23N3O. The highest BCUT2D eigenvalue weighted by Crippen LogP contribution is 2.26. The molecule has 3 rings (SSSR count). The van der Waals surface area contributed by atoms with Crippen LogP contribution in [0.3, 0.4) is 0 Å². The molecule has 0 aliphatic rings. The zero-order chi connectivity index (χ0) is 16.9. The number of benzene rings is 2. The van der Waals surface area contributed by atoms with Crippen LogP contribution in [0.15, 0.2) is 54.7 Å². The van der Waals surface area contributed by atoms with Crippen LogP contribution in [0.4, 0.5) is 11.4 Å². The number of nitrogens with two attached hydrogens (primary N) is 2. The molecule has 4 N–H and O–H groups in total. The van der Waals surface area contributed by atoms with Crippen LogP contribution in [-0.4, -0.2) is 11.6 Å². The summed E-state index contributed by atoms with van der Waals surface area (Å²) < 4.78 is 5.83. The molecule has 2 aromatic carbocycles. The lowest BCUT2D eigenvalue weighted by atomic mass is 9.99. The number of nitrogens with zero attached hydrogens (tertiary/aromatic N) is 1. The van der Waals surface area contributed by atoms with Gasteiger partial charge in [0.05, 0.1) is 29.7 Å². The van der Waals surface area contributed by atoms with E-state index in [0.29, 0.717) is 23.9 Å². The monoisotopic (exact) mass is 321 g/mol. The summed E-state index contributed by atoms with van der Waals surface area (Å²) >= 11 is 0. The van der Waals surface area contributed by atoms with E-state index in [2.05, 4.69) is 36.2 Å². The van der Waals surface area contributed by atoms with Gasteiger partial charge in [-0.3, -0.25) is 4.98 Å². The van der Waals surface area contributed by atoms with Crippen molar-refractivity contribution < 1.29 is 4.74 Å². The van der Waals surface area contributed by atoms with Crippen LogP contribution >= 0.6 is 0 Å². The highest BCUT2D eigenvalue weighted by Gasteiger charge is 2.08. The number of pyridine rings is 1. The van der Waals surface area contributed by atoms with E-state index in [1.807, 2.05) is 24.3 Å². The molecule has 4 nitrogen and oxygen atoms in total. The largest absolute Gasteiger partial charge is 0.396 e. The summed E-state index contributed by atoms with van der Waals surface area (Å²) in [5.41, 5.74) is 16.3. The van der Waals surface area contributed by atoms with Crippen LogP contribution in [0, 0.1) is 5.92 Å². The predicted octanol–water partition coefficient (Wildman–Crippen LogP) is 3.79. The molecule has 0 radical (unpaired) electrons. The standard InChI is InChI=1S/C20H23N3O/c1-14(12-24-13-15-5-3-2-4-6-15)9-16-7-8-19-17(10-16)20(22)18(21)11-23-19/h2-8,10-11,14H,9,12-13,21H2,1H3,(H2,22,23). The van der Waals surface area contributed by atoms with Crippen LogP contribution in [0.5, 0.6) is 0 Å². The number of rotatable bonds is 6. The molecule has 3 aromatic rings. The molecule has 0 saturated heterocycles. The van der Waals surface area contributed by atoms with Gasteiger partial charge in [-0.05, 0) is 35.6 Å². The van der Waals surface area contributed by atoms with E-state index in [0.717, 1.165) is 23.9 Å². The van der Waals surface area contributed by atoms with Crippen molar-refractivity contribution in [3.05, 3.63) is 65.9 Å². The van der Waals surface area contributed by atoms with E-state index in [-0.39, 0.29) is 0 Å². The summed E-state index contributed by atoms with van der Waals surface area (Å²) in [6, 6.07) is 16.4. The maximum Gasteiger partial charge on any atom is 0.0740 e. The minimum atomic E-state index is 0.418. The van der Waals surface area contributed by atoms with Crippen molar-refractivity contribution in [2.24, 2.45) is 5.92 Å². The van der Waals surface area contributed by atoms with Gasteiger partial charge in [-0.25, -0.2) is 0 Å². The highest BCUT2D eigenvalue weighted by molar-refractivity contribution is 5.95. The average molecular weight is 321 g/mol. The smallest absolute Gasteiger partial charge is 0.0740 e. The van der Waals surface area contributed by atoms with E-state index in [4.69, 9.17) is 16.2 Å². The van der Waals surface area contributed by atoms with Gasteiger partial charge < -0.3 is 16.2 Å². The van der Waals surface area contributed by atoms with Gasteiger partial charge in [0.25, 0.3) is 0 Å². The van der Waals surface area contributed by atoms with E-state index < -0.39 is 0 Å². The maximum absolute atomic E-state index is 6.07. The first-order valence-electron chi connectivity index (χ1n) is 8.17. The van der Waals surface area contributed by atoms with Crippen LogP contribution in [0.25, 0.3) is 10.9 Å². The number of hydrogen-bond donors (Lipinski definition) is 2. The molecule has 0 bridgehead atoms. The molecule has 24 heavy (non-hydrogen) atoms. The first-order chi connectivity index (χ1) is 11.6. The van der Waals surface area contributed by atoms with Crippen molar-refractivity contribution in [3.8, 4) is 0 Å². The molecule has 1 aromatic heterocycles. The third-order valence-corrected chi connectivity index (χ3v) is 4.10. The highest BCUT2D eigenvalue weighted by atomic mass is 16.5. The SMILES string of the molecule is CC(COCc1ccccc1)Cc1ccc2ncc(N)c(N)c2c1. The Kier molecular flexibility index (Phi) is 4.96. The van der Waals surface area contributed by atoms with Crippen molar-refractivity contribution in [2.45, 2.75) is 20.0 Å². The Morgan fingerprint density at radius 2 is 1.83 bits per heavy atom. The zero-order valence-electron chi connectivity index (χ0n) is 13.9. The summed E-state index contributed by atoms with van der Waals surface area (Å²) in [4.78, 5) is 4.32. The molecule has 1 unspecified atom stereocenters. The second-order valence-corrected chi connectivity index (χ2v) is 6.29. The van der Waals surface area contributed by atoms with Crippen molar-refractivity contribution >= 4 is 22.3 Å². The quantitative estimate of drug-likeness (QED) is 0.724. The number of anilines is 2. The first kappa shape index (κ1) is 16.3. The van der Waals surface area contributed by atoms with Gasteiger partial charge in [-0.2, -0.15) is 0 Å². The Morgan fingerprint density at radius 3 is 2.62 bits per heavy atom. The van der Waals surface area contributed by atoms with Gasteiger partial charge in [0, 0.05) is 12.0 Å². The fraction of sp³-hybridized carbons (Fsp3) is 0.250. The molecule has 0 fully saturated rings. The minimum absolute atomic E-state index is 0.418. The van der Waals surface area contributed by atoms with Crippen molar-refractivity contribution in [1.29, 1.82) is 0 Å². The molecule has 0 spiro atoms. The van der Waals surface area contributed by atoms with Crippen LogP contribution in [0.2, 0.25) is 0 Å². The van der Waals surface area contributed by atoms with Gasteiger partial charge in [0.1, 0.15) is 0 Å². The van der Waals surface area contributed by atoms with Gasteiger partial charge in [-0.15, -0.1) is 0 Å². The zero-order valence-corrected chi connectivity index (χ0v) is 13.9. The second-order valence-electron chi connectivity index (χ2n) is 6.29.